The maximum absolute atomic E-state index is 12.9. The Balaban J connectivity index is 5.84. The average Bonchev–Trinajstić information content (AvgIpc) is 2.69. The lowest BCUT2D eigenvalue weighted by molar-refractivity contribution is -0.172. The molecule has 0 aliphatic carbocycles. The van der Waals surface area contributed by atoms with Crippen LogP contribution in [0, 0.1) is 10.8 Å². The number of carboxylic acid groups (broad SMARTS) is 2. The number of ketones is 1. The number of carboxylic acids is 2. The molecule has 0 saturated heterocycles. The van der Waals surface area contributed by atoms with E-state index in [0.717, 1.165) is 64.7 Å². The molecule has 0 fully saturated rings. The molecular formula is C24H42O7. The van der Waals surface area contributed by atoms with Crippen molar-refractivity contribution in [2.24, 2.45) is 10.8 Å². The first-order valence-electron chi connectivity index (χ1n) is 11.7. The summed E-state index contributed by atoms with van der Waals surface area (Å²) in [5, 5.41) is 18.7. The van der Waals surface area contributed by atoms with Crippen LogP contribution in [0.3, 0.4) is 0 Å². The molecule has 0 aliphatic heterocycles. The van der Waals surface area contributed by atoms with Crippen molar-refractivity contribution in [2.45, 2.75) is 118 Å². The Hall–Kier alpha value is -1.92. The first kappa shape index (κ1) is 29.1. The highest BCUT2D eigenvalue weighted by molar-refractivity contribution is 6.06. The maximum atomic E-state index is 12.9. The number of ether oxygens (including phenoxy) is 1. The quantitative estimate of drug-likeness (QED) is 0.166. The highest BCUT2D eigenvalue weighted by Crippen LogP contribution is 2.42. The van der Waals surface area contributed by atoms with Gasteiger partial charge < -0.3 is 14.9 Å². The van der Waals surface area contributed by atoms with E-state index in [1.807, 2.05) is 6.92 Å². The summed E-state index contributed by atoms with van der Waals surface area (Å²) in [6.07, 6.45) is 7.22. The van der Waals surface area contributed by atoms with Gasteiger partial charge in [0.2, 0.25) is 0 Å². The van der Waals surface area contributed by atoms with Crippen molar-refractivity contribution in [1.82, 2.24) is 0 Å². The summed E-state index contributed by atoms with van der Waals surface area (Å²) in [5.74, 6) is -4.73. The number of carbonyl (C=O) groups excluding carboxylic acids is 2. The van der Waals surface area contributed by atoms with Gasteiger partial charge in [-0.2, -0.15) is 0 Å². The van der Waals surface area contributed by atoms with Gasteiger partial charge in [0.05, 0.1) is 12.8 Å². The van der Waals surface area contributed by atoms with Crippen molar-refractivity contribution in [1.29, 1.82) is 0 Å². The fraction of sp³-hybridized carbons (Fsp3) is 0.833. The van der Waals surface area contributed by atoms with Gasteiger partial charge in [0.1, 0.15) is 17.3 Å². The zero-order valence-electron chi connectivity index (χ0n) is 20.0. The summed E-state index contributed by atoms with van der Waals surface area (Å²) in [6, 6.07) is 0. The molecule has 0 bridgehead atoms. The lowest BCUT2D eigenvalue weighted by Gasteiger charge is -2.41. The Labute approximate surface area is 186 Å². The van der Waals surface area contributed by atoms with Crippen molar-refractivity contribution < 1.29 is 34.1 Å². The van der Waals surface area contributed by atoms with Gasteiger partial charge >= 0.3 is 17.9 Å². The van der Waals surface area contributed by atoms with E-state index in [4.69, 9.17) is 9.84 Å². The number of carbonyl (C=O) groups is 4. The Kier molecular flexibility index (Phi) is 13.3. The molecule has 7 nitrogen and oxygen atoms in total. The highest BCUT2D eigenvalue weighted by Gasteiger charge is 2.49. The second kappa shape index (κ2) is 14.2. The van der Waals surface area contributed by atoms with Crippen LogP contribution in [-0.4, -0.2) is 40.0 Å². The van der Waals surface area contributed by atoms with Crippen LogP contribution in [0.2, 0.25) is 0 Å². The predicted octanol–water partition coefficient (Wildman–Crippen LogP) is 5.39. The zero-order valence-corrected chi connectivity index (χ0v) is 20.0. The first-order valence-corrected chi connectivity index (χ1v) is 11.7. The normalized spacial score (nSPS) is 16.0. The summed E-state index contributed by atoms with van der Waals surface area (Å²) in [7, 11) is 0. The van der Waals surface area contributed by atoms with Crippen LogP contribution in [-0.2, 0) is 23.9 Å². The second-order valence-electron chi connectivity index (χ2n) is 8.73. The molecule has 0 aromatic rings. The molecule has 3 unspecified atom stereocenters. The first-order chi connectivity index (χ1) is 14.5. The minimum atomic E-state index is -2.31. The molecule has 2 N–H and O–H groups in total. The summed E-state index contributed by atoms with van der Waals surface area (Å²) >= 11 is 0. The van der Waals surface area contributed by atoms with E-state index in [1.165, 1.54) is 0 Å². The van der Waals surface area contributed by atoms with E-state index >= 15 is 0 Å². The molecule has 0 aromatic heterocycles. The molecule has 7 heteroatoms. The Morgan fingerprint density at radius 1 is 0.839 bits per heavy atom. The minimum absolute atomic E-state index is 0.203. The van der Waals surface area contributed by atoms with E-state index in [2.05, 4.69) is 20.8 Å². The molecule has 3 atom stereocenters. The fourth-order valence-corrected chi connectivity index (χ4v) is 4.35. The van der Waals surface area contributed by atoms with E-state index in [-0.39, 0.29) is 11.5 Å². The third kappa shape index (κ3) is 8.62. The molecule has 180 valence electrons. The van der Waals surface area contributed by atoms with Gasteiger partial charge in [-0.3, -0.25) is 19.2 Å². The van der Waals surface area contributed by atoms with Crippen LogP contribution in [0.4, 0.5) is 0 Å². The van der Waals surface area contributed by atoms with Crippen LogP contribution in [0.5, 0.6) is 0 Å². The second-order valence-corrected chi connectivity index (χ2v) is 8.73. The number of rotatable bonds is 18. The lowest BCUT2D eigenvalue weighted by Crippen LogP contribution is -2.44. The van der Waals surface area contributed by atoms with Crippen LogP contribution < -0.4 is 0 Å². The summed E-state index contributed by atoms with van der Waals surface area (Å²) in [5.41, 5.74) is -2.51. The van der Waals surface area contributed by atoms with Gasteiger partial charge in [-0.1, -0.05) is 66.2 Å². The SMILES string of the molecule is CCCCCC(CC)(CCCC)C(CCC)OC(=O)CC(CC(=O)O)(C(C)=O)C(=O)O. The van der Waals surface area contributed by atoms with Gasteiger partial charge in [0.15, 0.2) is 0 Å². The average molecular weight is 443 g/mol. The topological polar surface area (TPSA) is 118 Å². The molecule has 31 heavy (non-hydrogen) atoms. The van der Waals surface area contributed by atoms with Gasteiger partial charge in [0.25, 0.3) is 0 Å². The van der Waals surface area contributed by atoms with Crippen molar-refractivity contribution in [3.05, 3.63) is 0 Å². The smallest absolute Gasteiger partial charge is 0.318 e. The van der Waals surface area contributed by atoms with Crippen molar-refractivity contribution in [3.8, 4) is 0 Å². The predicted molar refractivity (Wildman–Crippen MR) is 119 cm³/mol. The van der Waals surface area contributed by atoms with Gasteiger partial charge in [0, 0.05) is 5.41 Å². The molecule has 0 rings (SSSR count). The highest BCUT2D eigenvalue weighted by atomic mass is 16.5. The number of aliphatic carboxylic acids is 2. The fourth-order valence-electron chi connectivity index (χ4n) is 4.35. The Morgan fingerprint density at radius 2 is 1.42 bits per heavy atom. The van der Waals surface area contributed by atoms with E-state index in [9.17, 15) is 24.3 Å². The van der Waals surface area contributed by atoms with Crippen LogP contribution in [0.25, 0.3) is 0 Å². The lowest BCUT2D eigenvalue weighted by atomic mass is 9.70. The van der Waals surface area contributed by atoms with E-state index in [0.29, 0.717) is 6.42 Å². The molecule has 0 aliphatic rings. The standard InChI is InChI=1S/C24H42O7/c1-6-10-12-15-23(9-4,14-11-7-2)19(13-8-3)31-21(28)17-24(18(5)25,22(29)30)16-20(26)27/h19H,6-17H2,1-5H3,(H,26,27)(H,29,30). The van der Waals surface area contributed by atoms with Crippen LogP contribution in [0.1, 0.15) is 112 Å². The third-order valence-corrected chi connectivity index (χ3v) is 6.50. The number of esters is 1. The third-order valence-electron chi connectivity index (χ3n) is 6.50. The van der Waals surface area contributed by atoms with E-state index < -0.39 is 41.9 Å². The molecule has 0 radical (unpaired) electrons. The monoisotopic (exact) mass is 442 g/mol. The molecular weight excluding hydrogens is 400 g/mol. The Morgan fingerprint density at radius 3 is 1.84 bits per heavy atom. The van der Waals surface area contributed by atoms with E-state index in [1.54, 1.807) is 0 Å². The summed E-state index contributed by atoms with van der Waals surface area (Å²) in [4.78, 5) is 48.0. The van der Waals surface area contributed by atoms with Crippen LogP contribution in [0.15, 0.2) is 0 Å². The summed E-state index contributed by atoms with van der Waals surface area (Å²) < 4.78 is 5.87. The molecule has 0 heterocycles. The number of unbranched alkanes of at least 4 members (excludes halogenated alkanes) is 3. The van der Waals surface area contributed by atoms with Gasteiger partial charge in [-0.05, 0) is 32.6 Å². The van der Waals surface area contributed by atoms with Crippen molar-refractivity contribution >= 4 is 23.7 Å². The number of hydrogen-bond donors (Lipinski definition) is 2. The van der Waals surface area contributed by atoms with Crippen molar-refractivity contribution in [2.75, 3.05) is 0 Å². The van der Waals surface area contributed by atoms with Crippen molar-refractivity contribution in [3.63, 3.8) is 0 Å². The minimum Gasteiger partial charge on any atom is -0.481 e. The van der Waals surface area contributed by atoms with Gasteiger partial charge in [-0.15, -0.1) is 0 Å². The molecule has 0 amide bonds. The largest absolute Gasteiger partial charge is 0.481 e. The molecule has 0 saturated carbocycles. The van der Waals surface area contributed by atoms with Crippen LogP contribution >= 0.6 is 0 Å². The molecule has 0 spiro atoms. The maximum Gasteiger partial charge on any atom is 0.318 e. The number of Topliss-reactive ketones (excluding diaryl/α,β-unsaturated/α-hetero) is 1. The molecule has 0 aromatic carbocycles. The summed E-state index contributed by atoms with van der Waals surface area (Å²) in [6.45, 7) is 9.37. The zero-order chi connectivity index (χ0) is 24.1. The number of hydrogen-bond acceptors (Lipinski definition) is 5. The van der Waals surface area contributed by atoms with Gasteiger partial charge in [-0.25, -0.2) is 0 Å². The Bertz CT molecular complexity index is 585.